The number of rotatable bonds is 10. The van der Waals surface area contributed by atoms with Crippen LogP contribution >= 0.6 is 0 Å². The third kappa shape index (κ3) is 7.73. The van der Waals surface area contributed by atoms with E-state index in [0.29, 0.717) is 38.9 Å². The maximum Gasteiger partial charge on any atom is 0.223 e. The topological polar surface area (TPSA) is 95.6 Å². The maximum absolute atomic E-state index is 12.2. The van der Waals surface area contributed by atoms with Crippen molar-refractivity contribution in [3.05, 3.63) is 0 Å². The van der Waals surface area contributed by atoms with Crippen molar-refractivity contribution in [1.82, 2.24) is 14.9 Å². The van der Waals surface area contributed by atoms with Crippen LogP contribution in [0.15, 0.2) is 0 Å². The number of hydrogen-bond acceptors (Lipinski definition) is 4. The predicted octanol–water partition coefficient (Wildman–Crippen LogP) is 1.25. The summed E-state index contributed by atoms with van der Waals surface area (Å²) >= 11 is 0. The molecule has 0 aromatic heterocycles. The number of nitrogens with one attached hydrogen (secondary N) is 2. The lowest BCUT2D eigenvalue weighted by atomic mass is 9.97. The van der Waals surface area contributed by atoms with Crippen LogP contribution in [0.25, 0.3) is 0 Å². The van der Waals surface area contributed by atoms with Crippen molar-refractivity contribution < 1.29 is 18.0 Å². The number of unbranched alkanes of at least 4 members (excludes halogenated alkanes) is 1. The summed E-state index contributed by atoms with van der Waals surface area (Å²) in [4.78, 5) is 23.8. The van der Waals surface area contributed by atoms with Gasteiger partial charge in [0, 0.05) is 38.0 Å². The van der Waals surface area contributed by atoms with E-state index >= 15 is 0 Å². The summed E-state index contributed by atoms with van der Waals surface area (Å²) in [5, 5.41) is 5.65. The number of amides is 2. The molecule has 0 saturated carbocycles. The molecule has 2 N–H and O–H groups in total. The molecule has 1 heterocycles. The van der Waals surface area contributed by atoms with Gasteiger partial charge in [-0.15, -0.1) is 0 Å². The summed E-state index contributed by atoms with van der Waals surface area (Å²) in [5.41, 5.74) is 0. The Morgan fingerprint density at radius 3 is 2.40 bits per heavy atom. The summed E-state index contributed by atoms with van der Waals surface area (Å²) in [6, 6.07) is 0.141. The molecule has 0 radical (unpaired) electrons. The number of sulfonamides is 1. The number of piperidine rings is 1. The lowest BCUT2D eigenvalue weighted by Gasteiger charge is -2.30. The van der Waals surface area contributed by atoms with E-state index in [-0.39, 0.29) is 35.9 Å². The van der Waals surface area contributed by atoms with Crippen molar-refractivity contribution in [3.63, 3.8) is 0 Å². The Kier molecular flexibility index (Phi) is 9.42. The highest BCUT2D eigenvalue weighted by atomic mass is 32.2. The molecular formula is C17H33N3O4S. The van der Waals surface area contributed by atoms with Crippen LogP contribution in [0.4, 0.5) is 0 Å². The molecule has 1 fully saturated rings. The van der Waals surface area contributed by atoms with E-state index in [0.717, 1.165) is 12.8 Å². The fourth-order valence-corrected chi connectivity index (χ4v) is 4.42. The molecule has 7 nitrogen and oxygen atoms in total. The second kappa shape index (κ2) is 10.8. The van der Waals surface area contributed by atoms with Crippen molar-refractivity contribution in [2.24, 2.45) is 5.92 Å². The molecule has 1 aliphatic rings. The minimum absolute atomic E-state index is 0.0634. The van der Waals surface area contributed by atoms with Gasteiger partial charge in [0.15, 0.2) is 0 Å². The first-order chi connectivity index (χ1) is 11.8. The van der Waals surface area contributed by atoms with Gasteiger partial charge in [0.25, 0.3) is 0 Å². The standard InChI is InChI=1S/C17H33N3O4S/c1-4-6-13-25(23,24)20-11-8-15(9-12-20)17(22)18-10-7-16(21)19-14(3)5-2/h14-15H,4-13H2,1-3H3,(H,18,22)(H,19,21). The summed E-state index contributed by atoms with van der Waals surface area (Å²) < 4.78 is 25.8. The Balaban J connectivity index is 2.30. The van der Waals surface area contributed by atoms with Crippen molar-refractivity contribution in [2.45, 2.75) is 65.3 Å². The Morgan fingerprint density at radius 2 is 1.84 bits per heavy atom. The molecule has 0 aliphatic carbocycles. The fourth-order valence-electron chi connectivity index (χ4n) is 2.74. The molecular weight excluding hydrogens is 342 g/mol. The molecule has 146 valence electrons. The van der Waals surface area contributed by atoms with E-state index in [1.807, 2.05) is 20.8 Å². The molecule has 8 heteroatoms. The number of carbonyl (C=O) groups excluding carboxylic acids is 2. The zero-order chi connectivity index (χ0) is 18.9. The van der Waals surface area contributed by atoms with Crippen LogP contribution in [-0.2, 0) is 19.6 Å². The molecule has 0 aromatic carbocycles. The monoisotopic (exact) mass is 375 g/mol. The molecule has 2 amide bonds. The normalized spacial score (nSPS) is 17.9. The van der Waals surface area contributed by atoms with Gasteiger partial charge >= 0.3 is 0 Å². The Labute approximate surface area is 152 Å². The number of nitrogens with zero attached hydrogens (tertiary/aromatic N) is 1. The molecule has 0 bridgehead atoms. The third-order valence-corrected chi connectivity index (χ3v) is 6.60. The van der Waals surface area contributed by atoms with Crippen LogP contribution in [0.1, 0.15) is 59.3 Å². The molecule has 1 unspecified atom stereocenters. The highest BCUT2D eigenvalue weighted by Crippen LogP contribution is 2.20. The Morgan fingerprint density at radius 1 is 1.20 bits per heavy atom. The molecule has 0 aromatic rings. The predicted molar refractivity (Wildman–Crippen MR) is 98.5 cm³/mol. The fraction of sp³-hybridized carbons (Fsp3) is 0.882. The third-order valence-electron chi connectivity index (χ3n) is 4.65. The minimum atomic E-state index is -3.19. The van der Waals surface area contributed by atoms with E-state index in [2.05, 4.69) is 10.6 Å². The first-order valence-electron chi connectivity index (χ1n) is 9.35. The molecule has 1 rings (SSSR count). The van der Waals surface area contributed by atoms with Crippen molar-refractivity contribution in [1.29, 1.82) is 0 Å². The first kappa shape index (κ1) is 21.9. The van der Waals surface area contributed by atoms with Gasteiger partial charge in [0.2, 0.25) is 21.8 Å². The maximum atomic E-state index is 12.2. The zero-order valence-corrected chi connectivity index (χ0v) is 16.5. The highest BCUT2D eigenvalue weighted by Gasteiger charge is 2.30. The SMILES string of the molecule is CCCCS(=O)(=O)N1CCC(C(=O)NCCC(=O)NC(C)CC)CC1. The highest BCUT2D eigenvalue weighted by molar-refractivity contribution is 7.89. The Bertz CT molecular complexity index is 528. The van der Waals surface area contributed by atoms with E-state index < -0.39 is 10.0 Å². The van der Waals surface area contributed by atoms with Gasteiger partial charge in [-0.25, -0.2) is 12.7 Å². The van der Waals surface area contributed by atoms with E-state index in [1.54, 1.807) is 0 Å². The molecule has 1 aliphatic heterocycles. The first-order valence-corrected chi connectivity index (χ1v) is 11.0. The average Bonchev–Trinajstić information content (AvgIpc) is 2.59. The molecule has 0 spiro atoms. The number of carbonyl (C=O) groups is 2. The van der Waals surface area contributed by atoms with Gasteiger partial charge in [-0.3, -0.25) is 9.59 Å². The summed E-state index contributed by atoms with van der Waals surface area (Å²) in [7, 11) is -3.19. The summed E-state index contributed by atoms with van der Waals surface area (Å²) in [6.45, 7) is 7.03. The largest absolute Gasteiger partial charge is 0.355 e. The van der Waals surface area contributed by atoms with Crippen LogP contribution in [0.2, 0.25) is 0 Å². The van der Waals surface area contributed by atoms with Crippen LogP contribution in [0, 0.1) is 5.92 Å². The van der Waals surface area contributed by atoms with Crippen molar-refractivity contribution >= 4 is 21.8 Å². The van der Waals surface area contributed by atoms with Crippen LogP contribution < -0.4 is 10.6 Å². The molecule has 25 heavy (non-hydrogen) atoms. The van der Waals surface area contributed by atoms with Gasteiger partial charge in [-0.05, 0) is 32.6 Å². The lowest BCUT2D eigenvalue weighted by molar-refractivity contribution is -0.126. The van der Waals surface area contributed by atoms with Crippen LogP contribution in [0.5, 0.6) is 0 Å². The zero-order valence-electron chi connectivity index (χ0n) is 15.7. The van der Waals surface area contributed by atoms with Gasteiger partial charge in [0.05, 0.1) is 5.75 Å². The van der Waals surface area contributed by atoms with Gasteiger partial charge in [-0.1, -0.05) is 20.3 Å². The average molecular weight is 376 g/mol. The second-order valence-electron chi connectivity index (χ2n) is 6.76. The quantitative estimate of drug-likeness (QED) is 0.601. The van der Waals surface area contributed by atoms with Crippen LogP contribution in [-0.4, -0.2) is 56.0 Å². The van der Waals surface area contributed by atoms with E-state index in [9.17, 15) is 18.0 Å². The van der Waals surface area contributed by atoms with E-state index in [4.69, 9.17) is 0 Å². The van der Waals surface area contributed by atoms with E-state index in [1.165, 1.54) is 4.31 Å². The van der Waals surface area contributed by atoms with Gasteiger partial charge < -0.3 is 10.6 Å². The van der Waals surface area contributed by atoms with Gasteiger partial charge in [0.1, 0.15) is 0 Å². The second-order valence-corrected chi connectivity index (χ2v) is 8.85. The Hall–Kier alpha value is -1.15. The smallest absolute Gasteiger partial charge is 0.223 e. The lowest BCUT2D eigenvalue weighted by Crippen LogP contribution is -2.44. The van der Waals surface area contributed by atoms with Crippen molar-refractivity contribution in [3.8, 4) is 0 Å². The summed E-state index contributed by atoms with van der Waals surface area (Å²) in [5.74, 6) is -0.130. The number of hydrogen-bond donors (Lipinski definition) is 2. The van der Waals surface area contributed by atoms with Crippen LogP contribution in [0.3, 0.4) is 0 Å². The minimum Gasteiger partial charge on any atom is -0.355 e. The van der Waals surface area contributed by atoms with Crippen molar-refractivity contribution in [2.75, 3.05) is 25.4 Å². The molecule has 1 atom stereocenters. The summed E-state index contributed by atoms with van der Waals surface area (Å²) in [6.07, 6.45) is 3.73. The van der Waals surface area contributed by atoms with Gasteiger partial charge in [-0.2, -0.15) is 0 Å². The molecule has 1 saturated heterocycles.